The molecule has 0 aliphatic carbocycles. The van der Waals surface area contributed by atoms with Crippen LogP contribution in [0.5, 0.6) is 11.5 Å². The first-order valence-electron chi connectivity index (χ1n) is 7.27. The van der Waals surface area contributed by atoms with E-state index in [0.29, 0.717) is 22.5 Å². The van der Waals surface area contributed by atoms with Gasteiger partial charge in [-0.25, -0.2) is 9.97 Å². The highest BCUT2D eigenvalue weighted by Crippen LogP contribution is 2.31. The van der Waals surface area contributed by atoms with Crippen molar-refractivity contribution in [3.8, 4) is 22.8 Å². The minimum absolute atomic E-state index is 0.486. The molecule has 1 N–H and O–H groups in total. The van der Waals surface area contributed by atoms with Gasteiger partial charge >= 0.3 is 0 Å². The lowest BCUT2D eigenvalue weighted by molar-refractivity contribution is 0.355. The minimum atomic E-state index is 0.486. The van der Waals surface area contributed by atoms with E-state index in [1.54, 1.807) is 20.4 Å². The van der Waals surface area contributed by atoms with Gasteiger partial charge in [-0.05, 0) is 30.3 Å². The molecule has 0 aliphatic heterocycles. The number of methoxy groups -OCH3 is 2. The van der Waals surface area contributed by atoms with Crippen LogP contribution >= 0.6 is 11.6 Å². The van der Waals surface area contributed by atoms with Gasteiger partial charge in [0.1, 0.15) is 0 Å². The molecule has 0 spiro atoms. The number of aromatic nitrogens is 2. The van der Waals surface area contributed by atoms with Gasteiger partial charge in [-0.2, -0.15) is 0 Å². The Morgan fingerprint density at radius 2 is 1.79 bits per heavy atom. The van der Waals surface area contributed by atoms with Gasteiger partial charge in [-0.15, -0.1) is 0 Å². The van der Waals surface area contributed by atoms with E-state index in [1.165, 1.54) is 0 Å². The summed E-state index contributed by atoms with van der Waals surface area (Å²) in [6.07, 6.45) is 1.70. The van der Waals surface area contributed by atoms with Gasteiger partial charge < -0.3 is 14.8 Å². The van der Waals surface area contributed by atoms with Crippen LogP contribution in [0.4, 0.5) is 11.6 Å². The van der Waals surface area contributed by atoms with Crippen molar-refractivity contribution < 1.29 is 9.47 Å². The van der Waals surface area contributed by atoms with Gasteiger partial charge in [0.15, 0.2) is 11.5 Å². The van der Waals surface area contributed by atoms with Crippen molar-refractivity contribution in [1.82, 2.24) is 9.97 Å². The molecule has 6 heteroatoms. The Labute approximate surface area is 145 Å². The number of anilines is 2. The Balaban J connectivity index is 1.87. The van der Waals surface area contributed by atoms with Gasteiger partial charge in [0.05, 0.1) is 19.9 Å². The Morgan fingerprint density at radius 3 is 2.54 bits per heavy atom. The summed E-state index contributed by atoms with van der Waals surface area (Å²) >= 11 is 6.04. The predicted molar refractivity (Wildman–Crippen MR) is 95.3 cm³/mol. The number of halogens is 1. The molecule has 0 atom stereocenters. The maximum atomic E-state index is 6.04. The molecule has 1 heterocycles. The van der Waals surface area contributed by atoms with Crippen LogP contribution in [0.15, 0.2) is 54.7 Å². The average Bonchev–Trinajstić information content (AvgIpc) is 2.62. The molecule has 0 aliphatic rings. The second-order valence-electron chi connectivity index (χ2n) is 4.97. The van der Waals surface area contributed by atoms with Gasteiger partial charge in [0, 0.05) is 28.5 Å². The highest BCUT2D eigenvalue weighted by molar-refractivity contribution is 6.30. The minimum Gasteiger partial charge on any atom is -0.493 e. The summed E-state index contributed by atoms with van der Waals surface area (Å²) < 4.78 is 10.5. The molecule has 24 heavy (non-hydrogen) atoms. The van der Waals surface area contributed by atoms with E-state index in [2.05, 4.69) is 15.3 Å². The third-order valence-electron chi connectivity index (χ3n) is 3.42. The average molecular weight is 342 g/mol. The van der Waals surface area contributed by atoms with Crippen LogP contribution in [0.1, 0.15) is 0 Å². The van der Waals surface area contributed by atoms with Crippen molar-refractivity contribution in [2.75, 3.05) is 19.5 Å². The summed E-state index contributed by atoms with van der Waals surface area (Å²) in [4.78, 5) is 8.78. The zero-order valence-corrected chi connectivity index (χ0v) is 14.0. The molecule has 2 aromatic carbocycles. The molecule has 0 saturated carbocycles. The molecule has 0 bridgehead atoms. The van der Waals surface area contributed by atoms with Crippen LogP contribution < -0.4 is 14.8 Å². The first-order valence-corrected chi connectivity index (χ1v) is 7.65. The standard InChI is InChI=1S/C18H16ClN3O2/c1-23-16-7-6-14(11-17(16)24-2)21-18-20-9-8-15(22-18)12-4-3-5-13(19)10-12/h3-11H,1-2H3,(H,20,21,22). The van der Waals surface area contributed by atoms with Crippen LogP contribution in [0.25, 0.3) is 11.3 Å². The molecular weight excluding hydrogens is 326 g/mol. The summed E-state index contributed by atoms with van der Waals surface area (Å²) in [6.45, 7) is 0. The Hall–Kier alpha value is -2.79. The largest absolute Gasteiger partial charge is 0.493 e. The fourth-order valence-electron chi connectivity index (χ4n) is 2.27. The molecule has 0 radical (unpaired) electrons. The summed E-state index contributed by atoms with van der Waals surface area (Å²) in [6, 6.07) is 14.9. The zero-order chi connectivity index (χ0) is 16.9. The molecule has 122 valence electrons. The Kier molecular flexibility index (Phi) is 4.82. The molecule has 0 fully saturated rings. The fraction of sp³-hybridized carbons (Fsp3) is 0.111. The monoisotopic (exact) mass is 341 g/mol. The molecule has 0 amide bonds. The number of rotatable bonds is 5. The first kappa shape index (κ1) is 16.1. The fourth-order valence-corrected chi connectivity index (χ4v) is 2.46. The number of nitrogens with zero attached hydrogens (tertiary/aromatic N) is 2. The quantitative estimate of drug-likeness (QED) is 0.737. The Bertz CT molecular complexity index is 855. The van der Waals surface area contributed by atoms with Crippen molar-refractivity contribution in [2.45, 2.75) is 0 Å². The van der Waals surface area contributed by atoms with E-state index < -0.39 is 0 Å². The van der Waals surface area contributed by atoms with Crippen molar-refractivity contribution in [3.05, 3.63) is 59.8 Å². The lowest BCUT2D eigenvalue weighted by atomic mass is 10.1. The topological polar surface area (TPSA) is 56.3 Å². The summed E-state index contributed by atoms with van der Waals surface area (Å²) in [5.74, 6) is 1.78. The number of ether oxygens (including phenoxy) is 2. The lowest BCUT2D eigenvalue weighted by Gasteiger charge is -2.11. The SMILES string of the molecule is COc1ccc(Nc2nccc(-c3cccc(Cl)c3)n2)cc1OC. The van der Waals surface area contributed by atoms with E-state index >= 15 is 0 Å². The highest BCUT2D eigenvalue weighted by Gasteiger charge is 2.07. The van der Waals surface area contributed by atoms with E-state index in [-0.39, 0.29) is 0 Å². The number of hydrogen-bond donors (Lipinski definition) is 1. The summed E-state index contributed by atoms with van der Waals surface area (Å²) in [5, 5.41) is 3.83. The second-order valence-corrected chi connectivity index (χ2v) is 5.41. The Morgan fingerprint density at radius 1 is 0.958 bits per heavy atom. The molecule has 0 saturated heterocycles. The van der Waals surface area contributed by atoms with Crippen LogP contribution in [0.3, 0.4) is 0 Å². The third kappa shape index (κ3) is 3.58. The smallest absolute Gasteiger partial charge is 0.227 e. The third-order valence-corrected chi connectivity index (χ3v) is 3.65. The molecule has 3 aromatic rings. The number of hydrogen-bond acceptors (Lipinski definition) is 5. The molecule has 1 aromatic heterocycles. The normalized spacial score (nSPS) is 10.3. The second kappa shape index (κ2) is 7.19. The predicted octanol–water partition coefficient (Wildman–Crippen LogP) is 4.56. The van der Waals surface area contributed by atoms with Crippen LogP contribution in [0, 0.1) is 0 Å². The summed E-state index contributed by atoms with van der Waals surface area (Å²) in [7, 11) is 3.19. The van der Waals surface area contributed by atoms with Crippen LogP contribution in [-0.4, -0.2) is 24.2 Å². The molecule has 5 nitrogen and oxygen atoms in total. The lowest BCUT2D eigenvalue weighted by Crippen LogP contribution is -1.99. The number of nitrogens with one attached hydrogen (secondary N) is 1. The van der Waals surface area contributed by atoms with Crippen molar-refractivity contribution in [1.29, 1.82) is 0 Å². The maximum Gasteiger partial charge on any atom is 0.227 e. The van der Waals surface area contributed by atoms with Crippen molar-refractivity contribution >= 4 is 23.2 Å². The molecule has 0 unspecified atom stereocenters. The van der Waals surface area contributed by atoms with E-state index in [1.807, 2.05) is 48.5 Å². The first-order chi connectivity index (χ1) is 11.7. The van der Waals surface area contributed by atoms with Crippen molar-refractivity contribution in [2.24, 2.45) is 0 Å². The van der Waals surface area contributed by atoms with Gasteiger partial charge in [0.25, 0.3) is 0 Å². The maximum absolute atomic E-state index is 6.04. The zero-order valence-electron chi connectivity index (χ0n) is 13.3. The molecule has 3 rings (SSSR count). The van der Waals surface area contributed by atoms with Gasteiger partial charge in [-0.3, -0.25) is 0 Å². The number of benzene rings is 2. The van der Waals surface area contributed by atoms with E-state index in [4.69, 9.17) is 21.1 Å². The van der Waals surface area contributed by atoms with E-state index in [0.717, 1.165) is 16.9 Å². The van der Waals surface area contributed by atoms with Gasteiger partial charge in [0.2, 0.25) is 5.95 Å². The van der Waals surface area contributed by atoms with E-state index in [9.17, 15) is 0 Å². The van der Waals surface area contributed by atoms with Crippen LogP contribution in [0.2, 0.25) is 5.02 Å². The van der Waals surface area contributed by atoms with Crippen molar-refractivity contribution in [3.63, 3.8) is 0 Å². The highest BCUT2D eigenvalue weighted by atomic mass is 35.5. The van der Waals surface area contributed by atoms with Gasteiger partial charge in [-0.1, -0.05) is 23.7 Å². The summed E-state index contributed by atoms with van der Waals surface area (Å²) in [5.41, 5.74) is 2.52. The van der Waals surface area contributed by atoms with Crippen LogP contribution in [-0.2, 0) is 0 Å². The molecular formula is C18H16ClN3O2.